The Balaban J connectivity index is 1.17. The highest BCUT2D eigenvalue weighted by Crippen LogP contribution is 2.31. The van der Waals surface area contributed by atoms with Gasteiger partial charge in [0.2, 0.25) is 11.7 Å². The normalized spacial score (nSPS) is 11.7. The van der Waals surface area contributed by atoms with Gasteiger partial charge in [0.05, 0.1) is 29.7 Å². The molecule has 0 saturated carbocycles. The minimum absolute atomic E-state index is 0.0784. The molecule has 3 heterocycles. The molecule has 10 heteroatoms. The zero-order valence-electron chi connectivity index (χ0n) is 19.6. The number of benzene rings is 3. The van der Waals surface area contributed by atoms with E-state index in [0.717, 1.165) is 28.6 Å². The lowest BCUT2D eigenvalue weighted by Crippen LogP contribution is -2.04. The van der Waals surface area contributed by atoms with Crippen molar-refractivity contribution in [2.24, 2.45) is 0 Å². The average molecular weight is 512 g/mol. The summed E-state index contributed by atoms with van der Waals surface area (Å²) in [5.41, 5.74) is 2.05. The quantitative estimate of drug-likeness (QED) is 0.244. The fourth-order valence-electron chi connectivity index (χ4n) is 3.91. The lowest BCUT2D eigenvalue weighted by Gasteiger charge is -2.08. The maximum atomic E-state index is 12.8. The summed E-state index contributed by atoms with van der Waals surface area (Å²) >= 11 is 0. The van der Waals surface area contributed by atoms with Crippen molar-refractivity contribution in [3.8, 4) is 34.6 Å². The first-order valence-corrected chi connectivity index (χ1v) is 11.5. The Bertz CT molecular complexity index is 1690. The van der Waals surface area contributed by atoms with Gasteiger partial charge in [-0.15, -0.1) is 0 Å². The molecule has 7 nitrogen and oxygen atoms in total. The van der Waals surface area contributed by atoms with E-state index in [2.05, 4.69) is 38.4 Å². The Morgan fingerprint density at radius 2 is 1.74 bits per heavy atom. The molecule has 3 aromatic carbocycles. The molecule has 0 unspecified atom stereocenters. The molecule has 0 aliphatic heterocycles. The first kappa shape index (κ1) is 23.4. The minimum Gasteiger partial charge on any atom is -0.437 e. The van der Waals surface area contributed by atoms with Crippen molar-refractivity contribution in [1.82, 2.24) is 24.7 Å². The molecular formula is C28H17F3N5O2. The van der Waals surface area contributed by atoms with Crippen molar-refractivity contribution in [2.45, 2.75) is 12.7 Å². The van der Waals surface area contributed by atoms with E-state index in [9.17, 15) is 13.2 Å². The summed E-state index contributed by atoms with van der Waals surface area (Å²) in [5, 5.41) is 4.87. The second-order valence-corrected chi connectivity index (χ2v) is 8.41. The summed E-state index contributed by atoms with van der Waals surface area (Å²) in [6.45, 7) is 0.681. The van der Waals surface area contributed by atoms with Crippen LogP contribution in [-0.2, 0) is 12.7 Å². The third-order valence-corrected chi connectivity index (χ3v) is 5.82. The van der Waals surface area contributed by atoms with E-state index in [4.69, 9.17) is 9.26 Å². The van der Waals surface area contributed by atoms with Crippen LogP contribution in [0.4, 0.5) is 13.2 Å². The molecule has 6 aromatic rings. The molecule has 0 bridgehead atoms. The largest absolute Gasteiger partial charge is 0.437 e. The highest BCUT2D eigenvalue weighted by atomic mass is 19.4. The van der Waals surface area contributed by atoms with Crippen molar-refractivity contribution in [2.75, 3.05) is 0 Å². The standard InChI is InChI=1S/C28H17F3N5O2/c29-28(30,31)21-9-6-20(7-10-21)26-34-27(38-35-26)23-15-33-25(16-32-23)37-22-11-8-19-12-13-36(24(19)14-22)17-18-4-2-1-3-5-18/h1-12,14-16H,17H2. The average Bonchev–Trinajstić information content (AvgIpc) is 3.57. The Morgan fingerprint density at radius 1 is 0.921 bits per heavy atom. The molecule has 3 aromatic heterocycles. The summed E-state index contributed by atoms with van der Waals surface area (Å²) in [6, 6.07) is 22.2. The van der Waals surface area contributed by atoms with Gasteiger partial charge in [0.1, 0.15) is 11.4 Å². The number of ether oxygens (including phenoxy) is 1. The highest BCUT2D eigenvalue weighted by molar-refractivity contribution is 5.81. The van der Waals surface area contributed by atoms with Crippen LogP contribution >= 0.6 is 0 Å². The predicted molar refractivity (Wildman–Crippen MR) is 132 cm³/mol. The van der Waals surface area contributed by atoms with E-state index in [0.29, 0.717) is 23.6 Å². The topological polar surface area (TPSA) is 78.9 Å². The molecule has 1 radical (unpaired) electrons. The van der Waals surface area contributed by atoms with Crippen LogP contribution in [0.1, 0.15) is 11.1 Å². The van der Waals surface area contributed by atoms with Crippen LogP contribution in [0, 0.1) is 6.20 Å². The van der Waals surface area contributed by atoms with Gasteiger partial charge in [-0.3, -0.25) is 0 Å². The van der Waals surface area contributed by atoms with Crippen LogP contribution in [0.15, 0.2) is 95.8 Å². The van der Waals surface area contributed by atoms with Gasteiger partial charge in [-0.25, -0.2) is 9.97 Å². The summed E-state index contributed by atoms with van der Waals surface area (Å²) in [6.07, 6.45) is 1.69. The van der Waals surface area contributed by atoms with Crippen molar-refractivity contribution in [1.29, 1.82) is 0 Å². The van der Waals surface area contributed by atoms with Crippen LogP contribution in [0.3, 0.4) is 0 Å². The number of nitrogens with zero attached hydrogens (tertiary/aromatic N) is 5. The molecule has 0 fully saturated rings. The van der Waals surface area contributed by atoms with Gasteiger partial charge in [0.15, 0.2) is 0 Å². The zero-order valence-corrected chi connectivity index (χ0v) is 19.6. The van der Waals surface area contributed by atoms with E-state index < -0.39 is 11.7 Å². The van der Waals surface area contributed by atoms with Gasteiger partial charge in [-0.2, -0.15) is 18.2 Å². The van der Waals surface area contributed by atoms with Gasteiger partial charge in [0, 0.05) is 23.6 Å². The maximum Gasteiger partial charge on any atom is 0.416 e. The number of halogens is 3. The first-order valence-electron chi connectivity index (χ1n) is 11.5. The Hall–Kier alpha value is -4.99. The number of fused-ring (bicyclic) bond motifs is 1. The number of rotatable bonds is 6. The molecule has 6 rings (SSSR count). The number of alkyl halides is 3. The molecule has 38 heavy (non-hydrogen) atoms. The van der Waals surface area contributed by atoms with Gasteiger partial charge < -0.3 is 13.8 Å². The first-order chi connectivity index (χ1) is 18.4. The SMILES string of the molecule is FC(F)(F)c1ccc(-c2noc(-c3cnc(Oc4ccc5c[c]n(Cc6ccccc6)c5c4)cn3)n2)cc1. The Morgan fingerprint density at radius 3 is 2.47 bits per heavy atom. The zero-order chi connectivity index (χ0) is 26.1. The Labute approximate surface area is 214 Å². The molecule has 187 valence electrons. The van der Waals surface area contributed by atoms with E-state index >= 15 is 0 Å². The number of hydrogen-bond donors (Lipinski definition) is 0. The molecule has 0 aliphatic carbocycles. The number of hydrogen-bond acceptors (Lipinski definition) is 6. The number of aromatic nitrogens is 5. The molecule has 0 amide bonds. The Kier molecular flexibility index (Phi) is 5.83. The van der Waals surface area contributed by atoms with Crippen molar-refractivity contribution in [3.63, 3.8) is 0 Å². The van der Waals surface area contributed by atoms with Crippen LogP contribution in [-0.4, -0.2) is 24.7 Å². The highest BCUT2D eigenvalue weighted by Gasteiger charge is 2.30. The van der Waals surface area contributed by atoms with Crippen LogP contribution in [0.5, 0.6) is 11.6 Å². The predicted octanol–water partition coefficient (Wildman–Crippen LogP) is 6.81. The molecule has 0 atom stereocenters. The monoisotopic (exact) mass is 512 g/mol. The van der Waals surface area contributed by atoms with Gasteiger partial charge in [0.25, 0.3) is 5.89 Å². The molecule has 0 aliphatic rings. The fraction of sp³-hybridized carbons (Fsp3) is 0.0714. The van der Waals surface area contributed by atoms with Crippen LogP contribution < -0.4 is 4.74 Å². The molecule has 0 spiro atoms. The van der Waals surface area contributed by atoms with Gasteiger partial charge in [-0.05, 0) is 35.9 Å². The third-order valence-electron chi connectivity index (χ3n) is 5.82. The van der Waals surface area contributed by atoms with Crippen LogP contribution in [0.2, 0.25) is 0 Å². The summed E-state index contributed by atoms with van der Waals surface area (Å²) in [5.74, 6) is 1.07. The maximum absolute atomic E-state index is 12.8. The second kappa shape index (κ2) is 9.47. The smallest absolute Gasteiger partial charge is 0.416 e. The van der Waals surface area contributed by atoms with E-state index in [1.165, 1.54) is 24.5 Å². The van der Waals surface area contributed by atoms with Crippen LogP contribution in [0.25, 0.3) is 33.9 Å². The lowest BCUT2D eigenvalue weighted by molar-refractivity contribution is -0.137. The third kappa shape index (κ3) is 4.83. The lowest BCUT2D eigenvalue weighted by atomic mass is 10.1. The summed E-state index contributed by atoms with van der Waals surface area (Å²) in [4.78, 5) is 12.8. The minimum atomic E-state index is -4.42. The van der Waals surface area contributed by atoms with Crippen molar-refractivity contribution < 1.29 is 22.4 Å². The van der Waals surface area contributed by atoms with Gasteiger partial charge in [-0.1, -0.05) is 47.6 Å². The van der Waals surface area contributed by atoms with Gasteiger partial charge >= 0.3 is 6.18 Å². The molecule has 0 N–H and O–H groups in total. The molecular weight excluding hydrogens is 495 g/mol. The van der Waals surface area contributed by atoms with Crippen molar-refractivity contribution >= 4 is 10.9 Å². The fourth-order valence-corrected chi connectivity index (χ4v) is 3.91. The van der Waals surface area contributed by atoms with Crippen molar-refractivity contribution in [3.05, 3.63) is 109 Å². The van der Waals surface area contributed by atoms with E-state index in [1.807, 2.05) is 47.0 Å². The van der Waals surface area contributed by atoms with E-state index in [1.54, 1.807) is 0 Å². The van der Waals surface area contributed by atoms with E-state index in [-0.39, 0.29) is 17.6 Å². The summed E-state index contributed by atoms with van der Waals surface area (Å²) < 4.78 is 51.5. The molecule has 0 saturated heterocycles. The second-order valence-electron chi connectivity index (χ2n) is 8.41. The summed E-state index contributed by atoms with van der Waals surface area (Å²) in [7, 11) is 0.